The maximum Gasteiger partial charge on any atom is 0.305 e. The summed E-state index contributed by atoms with van der Waals surface area (Å²) in [7, 11) is 0. The maximum absolute atomic E-state index is 10.6. The number of carboxylic acid groups (broad SMARTS) is 1. The molecule has 0 aromatic carbocycles. The molecule has 0 fully saturated rings. The summed E-state index contributed by atoms with van der Waals surface area (Å²) in [6.07, 6.45) is 2.12. The van der Waals surface area contributed by atoms with Crippen LogP contribution in [0, 0.1) is 6.92 Å². The molecule has 0 aliphatic heterocycles. The van der Waals surface area contributed by atoms with Crippen LogP contribution in [0.1, 0.15) is 50.7 Å². The summed E-state index contributed by atoms with van der Waals surface area (Å²) in [5, 5.41) is 16.9. The monoisotopic (exact) mass is 225 g/mol. The van der Waals surface area contributed by atoms with Gasteiger partial charge < -0.3 is 9.67 Å². The van der Waals surface area contributed by atoms with Crippen molar-refractivity contribution >= 4 is 5.97 Å². The molecule has 5 nitrogen and oxygen atoms in total. The molecule has 1 aromatic rings. The van der Waals surface area contributed by atoms with E-state index in [0.717, 1.165) is 24.5 Å². The van der Waals surface area contributed by atoms with Gasteiger partial charge in [0.25, 0.3) is 0 Å². The summed E-state index contributed by atoms with van der Waals surface area (Å²) in [5.41, 5.74) is 0. The average molecular weight is 225 g/mol. The first-order valence-electron chi connectivity index (χ1n) is 5.71. The largest absolute Gasteiger partial charge is 0.481 e. The highest BCUT2D eigenvalue weighted by atomic mass is 16.4. The first-order valence-corrected chi connectivity index (χ1v) is 5.71. The highest BCUT2D eigenvalue weighted by Gasteiger charge is 2.17. The Labute approximate surface area is 95.5 Å². The third-order valence-corrected chi connectivity index (χ3v) is 2.86. The molecule has 0 bridgehead atoms. The fraction of sp³-hybridized carbons (Fsp3) is 0.727. The third kappa shape index (κ3) is 2.81. The number of carbonyl (C=O) groups is 1. The quantitative estimate of drug-likeness (QED) is 0.803. The van der Waals surface area contributed by atoms with Crippen molar-refractivity contribution in [2.75, 3.05) is 0 Å². The smallest absolute Gasteiger partial charge is 0.305 e. The van der Waals surface area contributed by atoms with Crippen molar-refractivity contribution in [3.8, 4) is 0 Å². The minimum absolute atomic E-state index is 0.117. The van der Waals surface area contributed by atoms with Gasteiger partial charge >= 0.3 is 5.97 Å². The van der Waals surface area contributed by atoms with E-state index in [1.165, 1.54) is 0 Å². The Morgan fingerprint density at radius 2 is 2.00 bits per heavy atom. The van der Waals surface area contributed by atoms with Crippen LogP contribution in [0.5, 0.6) is 0 Å². The first-order chi connectivity index (χ1) is 7.60. The number of rotatable bonds is 6. The second kappa shape index (κ2) is 5.63. The van der Waals surface area contributed by atoms with Crippen LogP contribution in [0.15, 0.2) is 0 Å². The van der Waals surface area contributed by atoms with Crippen molar-refractivity contribution in [3.63, 3.8) is 0 Å². The predicted molar refractivity (Wildman–Crippen MR) is 60.3 cm³/mol. The number of aryl methyl sites for hydroxylation is 1. The zero-order chi connectivity index (χ0) is 12.1. The van der Waals surface area contributed by atoms with Crippen molar-refractivity contribution in [2.45, 2.75) is 52.5 Å². The molecule has 1 heterocycles. The number of carboxylic acids is 1. The van der Waals surface area contributed by atoms with Crippen LogP contribution in [0.2, 0.25) is 0 Å². The summed E-state index contributed by atoms with van der Waals surface area (Å²) in [6, 6.07) is 0. The molecule has 90 valence electrons. The zero-order valence-electron chi connectivity index (χ0n) is 10.1. The van der Waals surface area contributed by atoms with Gasteiger partial charge in [0, 0.05) is 12.5 Å². The molecule has 1 rings (SSSR count). The number of hydrogen-bond acceptors (Lipinski definition) is 3. The molecular weight excluding hydrogens is 206 g/mol. The Bertz CT molecular complexity index is 356. The lowest BCUT2D eigenvalue weighted by atomic mass is 10.0. The van der Waals surface area contributed by atoms with Crippen molar-refractivity contribution in [1.82, 2.24) is 14.8 Å². The lowest BCUT2D eigenvalue weighted by Gasteiger charge is -2.13. The van der Waals surface area contributed by atoms with E-state index in [1.54, 1.807) is 0 Å². The number of aromatic nitrogens is 3. The van der Waals surface area contributed by atoms with Crippen LogP contribution < -0.4 is 0 Å². The van der Waals surface area contributed by atoms with Gasteiger partial charge in [-0.1, -0.05) is 13.8 Å². The fourth-order valence-electron chi connectivity index (χ4n) is 1.84. The van der Waals surface area contributed by atoms with Gasteiger partial charge in [-0.3, -0.25) is 4.79 Å². The third-order valence-electron chi connectivity index (χ3n) is 2.86. The van der Waals surface area contributed by atoms with E-state index < -0.39 is 5.97 Å². The molecule has 0 unspecified atom stereocenters. The van der Waals surface area contributed by atoms with Crippen molar-refractivity contribution < 1.29 is 9.90 Å². The van der Waals surface area contributed by atoms with Crippen molar-refractivity contribution in [3.05, 3.63) is 11.6 Å². The van der Waals surface area contributed by atoms with Crippen LogP contribution in [0.3, 0.4) is 0 Å². The second-order valence-corrected chi connectivity index (χ2v) is 3.91. The Balaban J connectivity index is 2.88. The maximum atomic E-state index is 10.6. The Kier molecular flexibility index (Phi) is 4.46. The second-order valence-electron chi connectivity index (χ2n) is 3.91. The van der Waals surface area contributed by atoms with E-state index in [9.17, 15) is 4.79 Å². The molecule has 5 heteroatoms. The average Bonchev–Trinajstić information content (AvgIpc) is 2.59. The highest BCUT2D eigenvalue weighted by Crippen LogP contribution is 2.21. The molecule has 0 spiro atoms. The van der Waals surface area contributed by atoms with Gasteiger partial charge in [-0.05, 0) is 19.8 Å². The topological polar surface area (TPSA) is 68.0 Å². The minimum Gasteiger partial charge on any atom is -0.481 e. The van der Waals surface area contributed by atoms with Crippen molar-refractivity contribution in [1.29, 1.82) is 0 Å². The Hall–Kier alpha value is -1.39. The number of aliphatic carboxylic acids is 1. The molecule has 0 saturated carbocycles. The van der Waals surface area contributed by atoms with Crippen LogP contribution in [-0.4, -0.2) is 25.8 Å². The fourth-order valence-corrected chi connectivity index (χ4v) is 1.84. The molecular formula is C11H19N3O2. The lowest BCUT2D eigenvalue weighted by Crippen LogP contribution is -2.12. The van der Waals surface area contributed by atoms with E-state index in [1.807, 2.05) is 11.5 Å². The van der Waals surface area contributed by atoms with Gasteiger partial charge in [-0.2, -0.15) is 0 Å². The molecule has 0 aliphatic rings. The lowest BCUT2D eigenvalue weighted by molar-refractivity contribution is -0.137. The van der Waals surface area contributed by atoms with E-state index in [-0.39, 0.29) is 6.42 Å². The standard InChI is InChI=1S/C11H19N3O2/c1-4-9(5-2)11-13-12-8(3)14(11)7-6-10(15)16/h9H,4-7H2,1-3H3,(H,15,16). The summed E-state index contributed by atoms with van der Waals surface area (Å²) in [6.45, 7) is 6.54. The summed E-state index contributed by atoms with van der Waals surface area (Å²) in [5.74, 6) is 1.30. The zero-order valence-corrected chi connectivity index (χ0v) is 10.1. The normalized spacial score (nSPS) is 11.0. The van der Waals surface area contributed by atoms with E-state index in [0.29, 0.717) is 12.5 Å². The van der Waals surface area contributed by atoms with E-state index in [4.69, 9.17) is 5.11 Å². The Morgan fingerprint density at radius 3 is 2.50 bits per heavy atom. The molecule has 0 atom stereocenters. The molecule has 0 aliphatic carbocycles. The Morgan fingerprint density at radius 1 is 1.38 bits per heavy atom. The van der Waals surface area contributed by atoms with Crippen LogP contribution in [0.4, 0.5) is 0 Å². The number of hydrogen-bond donors (Lipinski definition) is 1. The molecule has 0 radical (unpaired) electrons. The SMILES string of the molecule is CCC(CC)c1nnc(C)n1CCC(=O)O. The van der Waals surface area contributed by atoms with Gasteiger partial charge in [0.05, 0.1) is 6.42 Å². The van der Waals surface area contributed by atoms with Crippen LogP contribution in [0.25, 0.3) is 0 Å². The van der Waals surface area contributed by atoms with Gasteiger partial charge in [-0.25, -0.2) is 0 Å². The number of nitrogens with zero attached hydrogens (tertiary/aromatic N) is 3. The molecule has 1 N–H and O–H groups in total. The molecule has 1 aromatic heterocycles. The summed E-state index contributed by atoms with van der Waals surface area (Å²) in [4.78, 5) is 10.6. The summed E-state index contributed by atoms with van der Waals surface area (Å²) < 4.78 is 1.92. The summed E-state index contributed by atoms with van der Waals surface area (Å²) >= 11 is 0. The van der Waals surface area contributed by atoms with Gasteiger partial charge in [0.2, 0.25) is 0 Å². The minimum atomic E-state index is -0.788. The van der Waals surface area contributed by atoms with Crippen LogP contribution in [-0.2, 0) is 11.3 Å². The van der Waals surface area contributed by atoms with E-state index >= 15 is 0 Å². The van der Waals surface area contributed by atoms with Crippen molar-refractivity contribution in [2.24, 2.45) is 0 Å². The van der Waals surface area contributed by atoms with Gasteiger partial charge in [0.15, 0.2) is 0 Å². The molecule has 0 amide bonds. The first kappa shape index (κ1) is 12.7. The van der Waals surface area contributed by atoms with Crippen LogP contribution >= 0.6 is 0 Å². The highest BCUT2D eigenvalue weighted by molar-refractivity contribution is 5.66. The molecule has 0 saturated heterocycles. The van der Waals surface area contributed by atoms with Gasteiger partial charge in [0.1, 0.15) is 11.6 Å². The van der Waals surface area contributed by atoms with E-state index in [2.05, 4.69) is 24.0 Å². The predicted octanol–water partition coefficient (Wildman–Crippen LogP) is 1.96. The molecule has 16 heavy (non-hydrogen) atoms. The van der Waals surface area contributed by atoms with Gasteiger partial charge in [-0.15, -0.1) is 10.2 Å².